The third-order valence-corrected chi connectivity index (χ3v) is 12.4. The van der Waals surface area contributed by atoms with Crippen LogP contribution < -0.4 is 9.80 Å². The number of anilines is 6. The largest absolute Gasteiger partial charge is 0.309 e. The standard InChI is InChI=1S/C46H29N3O2S/c50-52(51)44-24-10-9-22-40(44)48(32-17-5-2-6-18-32)43-29-42-37(28-45(43)52)35-20-11-13-30-14-12-23-41(46(30)35)49(42)33-25-26-39-36(27-33)34-19-7-8-21-38(34)47(39)31-15-3-1-4-16-31/h1-29H. The Morgan fingerprint density at radius 3 is 1.87 bits per heavy atom. The van der Waals surface area contributed by atoms with Gasteiger partial charge in [-0.3, -0.25) is 0 Å². The van der Waals surface area contributed by atoms with Crippen molar-refractivity contribution in [2.75, 3.05) is 9.80 Å². The van der Waals surface area contributed by atoms with Crippen LogP contribution in [0, 0.1) is 0 Å². The van der Waals surface area contributed by atoms with Crippen LogP contribution in [0.1, 0.15) is 0 Å². The summed E-state index contributed by atoms with van der Waals surface area (Å²) in [6, 6.07) is 59.8. The second kappa shape index (κ2) is 10.7. The van der Waals surface area contributed by atoms with Crippen LogP contribution in [0.15, 0.2) is 186 Å². The molecule has 9 aromatic rings. The Morgan fingerprint density at radius 2 is 1.04 bits per heavy atom. The molecular weight excluding hydrogens is 659 g/mol. The highest BCUT2D eigenvalue weighted by Gasteiger charge is 2.38. The molecule has 0 atom stereocenters. The summed E-state index contributed by atoms with van der Waals surface area (Å²) in [5.74, 6) is 0. The van der Waals surface area contributed by atoms with Gasteiger partial charge < -0.3 is 14.4 Å². The molecule has 8 aromatic carbocycles. The molecule has 246 valence electrons. The van der Waals surface area contributed by atoms with Crippen LogP contribution in [0.5, 0.6) is 0 Å². The molecule has 0 aliphatic carbocycles. The fraction of sp³-hybridized carbons (Fsp3) is 0. The van der Waals surface area contributed by atoms with E-state index in [9.17, 15) is 8.42 Å². The molecule has 0 saturated carbocycles. The lowest BCUT2D eigenvalue weighted by molar-refractivity contribution is 0.595. The summed E-state index contributed by atoms with van der Waals surface area (Å²) in [4.78, 5) is 5.00. The first kappa shape index (κ1) is 29.1. The van der Waals surface area contributed by atoms with Crippen molar-refractivity contribution >= 4 is 76.5 Å². The van der Waals surface area contributed by atoms with Crippen LogP contribution in [0.3, 0.4) is 0 Å². The van der Waals surface area contributed by atoms with Crippen molar-refractivity contribution in [1.82, 2.24) is 4.57 Å². The molecule has 0 N–H and O–H groups in total. The van der Waals surface area contributed by atoms with E-state index in [1.807, 2.05) is 54.6 Å². The lowest BCUT2D eigenvalue weighted by Gasteiger charge is -2.38. The molecule has 0 fully saturated rings. The van der Waals surface area contributed by atoms with Gasteiger partial charge in [-0.25, -0.2) is 8.42 Å². The highest BCUT2D eigenvalue weighted by atomic mass is 32.2. The van der Waals surface area contributed by atoms with E-state index in [2.05, 4.69) is 124 Å². The Morgan fingerprint density at radius 1 is 0.385 bits per heavy atom. The van der Waals surface area contributed by atoms with E-state index < -0.39 is 9.84 Å². The number of hydrogen-bond donors (Lipinski definition) is 0. The molecule has 0 saturated heterocycles. The fourth-order valence-corrected chi connectivity index (χ4v) is 10.0. The third kappa shape index (κ3) is 3.95. The lowest BCUT2D eigenvalue weighted by Crippen LogP contribution is -2.24. The minimum absolute atomic E-state index is 0.298. The van der Waals surface area contributed by atoms with Gasteiger partial charge in [-0.05, 0) is 89.8 Å². The Hall–Kier alpha value is -6.63. The van der Waals surface area contributed by atoms with Gasteiger partial charge in [-0.1, -0.05) is 97.1 Å². The van der Waals surface area contributed by atoms with Crippen LogP contribution in [-0.4, -0.2) is 13.0 Å². The second-order valence-corrected chi connectivity index (χ2v) is 15.3. The summed E-state index contributed by atoms with van der Waals surface area (Å²) >= 11 is 0. The Labute approximate surface area is 300 Å². The number of rotatable bonds is 3. The predicted octanol–water partition coefficient (Wildman–Crippen LogP) is 12.0. The Bertz CT molecular complexity index is 3040. The van der Waals surface area contributed by atoms with Crippen molar-refractivity contribution in [3.63, 3.8) is 0 Å². The molecule has 0 amide bonds. The van der Waals surface area contributed by atoms with Gasteiger partial charge in [0.15, 0.2) is 0 Å². The minimum Gasteiger partial charge on any atom is -0.309 e. The van der Waals surface area contributed by atoms with Crippen LogP contribution >= 0.6 is 0 Å². The minimum atomic E-state index is -3.84. The molecule has 2 aliphatic rings. The van der Waals surface area contributed by atoms with E-state index in [0.29, 0.717) is 21.2 Å². The lowest BCUT2D eigenvalue weighted by atomic mass is 9.90. The molecule has 52 heavy (non-hydrogen) atoms. The smallest absolute Gasteiger partial charge is 0.210 e. The molecular formula is C46H29N3O2S. The second-order valence-electron chi connectivity index (χ2n) is 13.4. The van der Waals surface area contributed by atoms with Crippen molar-refractivity contribution in [3.8, 4) is 16.8 Å². The number of benzene rings is 8. The Kier molecular flexibility index (Phi) is 5.99. The normalized spacial score (nSPS) is 14.0. The molecule has 0 unspecified atom stereocenters. The maximum atomic E-state index is 14.5. The van der Waals surface area contributed by atoms with Crippen LogP contribution in [0.4, 0.5) is 34.1 Å². The number of hydrogen-bond acceptors (Lipinski definition) is 4. The summed E-state index contributed by atoms with van der Waals surface area (Å²) < 4.78 is 31.4. The van der Waals surface area contributed by atoms with Crippen molar-refractivity contribution in [3.05, 3.63) is 176 Å². The van der Waals surface area contributed by atoms with E-state index in [1.54, 1.807) is 12.1 Å². The van der Waals surface area contributed by atoms with Crippen molar-refractivity contribution in [1.29, 1.82) is 0 Å². The van der Waals surface area contributed by atoms with E-state index in [4.69, 9.17) is 0 Å². The number of para-hydroxylation sites is 4. The highest BCUT2D eigenvalue weighted by Crippen LogP contribution is 2.57. The fourth-order valence-electron chi connectivity index (χ4n) is 8.42. The number of aromatic nitrogens is 1. The molecule has 6 heteroatoms. The maximum Gasteiger partial charge on any atom is 0.210 e. The maximum absolute atomic E-state index is 14.5. The van der Waals surface area contributed by atoms with Crippen molar-refractivity contribution in [2.45, 2.75) is 9.79 Å². The third-order valence-electron chi connectivity index (χ3n) is 10.6. The van der Waals surface area contributed by atoms with Gasteiger partial charge in [0.25, 0.3) is 0 Å². The van der Waals surface area contributed by atoms with E-state index in [-0.39, 0.29) is 0 Å². The van der Waals surface area contributed by atoms with E-state index in [1.165, 1.54) is 5.39 Å². The van der Waals surface area contributed by atoms with Crippen LogP contribution in [0.25, 0.3) is 49.4 Å². The van der Waals surface area contributed by atoms with Crippen molar-refractivity contribution < 1.29 is 8.42 Å². The topological polar surface area (TPSA) is 45.6 Å². The SMILES string of the molecule is O=S1(=O)c2ccccc2N(c2ccccc2)c2cc3c(cc21)-c1cccc2cccc(c12)N3c1ccc2c(c1)c1ccccc1n2-c1ccccc1. The average molecular weight is 688 g/mol. The molecule has 5 nitrogen and oxygen atoms in total. The first-order valence-electron chi connectivity index (χ1n) is 17.4. The number of fused-ring (bicyclic) bond motifs is 7. The van der Waals surface area contributed by atoms with E-state index in [0.717, 1.165) is 66.8 Å². The molecule has 0 bridgehead atoms. The molecule has 11 rings (SSSR count). The highest BCUT2D eigenvalue weighted by molar-refractivity contribution is 7.92. The van der Waals surface area contributed by atoms with Crippen LogP contribution in [0.2, 0.25) is 0 Å². The summed E-state index contributed by atoms with van der Waals surface area (Å²) in [7, 11) is -3.84. The zero-order chi connectivity index (χ0) is 34.6. The van der Waals surface area contributed by atoms with Gasteiger partial charge in [0, 0.05) is 38.8 Å². The zero-order valence-electron chi connectivity index (χ0n) is 27.8. The summed E-state index contributed by atoms with van der Waals surface area (Å²) in [6.45, 7) is 0. The average Bonchev–Trinajstić information content (AvgIpc) is 3.52. The first-order chi connectivity index (χ1) is 25.6. The summed E-state index contributed by atoms with van der Waals surface area (Å²) in [5.41, 5.74) is 10.4. The van der Waals surface area contributed by atoms with Gasteiger partial charge in [0.05, 0.1) is 43.6 Å². The molecule has 0 spiro atoms. The molecule has 3 heterocycles. The summed E-state index contributed by atoms with van der Waals surface area (Å²) in [6.07, 6.45) is 0. The number of nitrogens with zero attached hydrogens (tertiary/aromatic N) is 3. The quantitative estimate of drug-likeness (QED) is 0.185. The summed E-state index contributed by atoms with van der Waals surface area (Å²) in [5, 5.41) is 4.51. The van der Waals surface area contributed by atoms with Gasteiger partial charge in [0.2, 0.25) is 9.84 Å². The van der Waals surface area contributed by atoms with Gasteiger partial charge >= 0.3 is 0 Å². The zero-order valence-corrected chi connectivity index (χ0v) is 28.6. The first-order valence-corrected chi connectivity index (χ1v) is 18.8. The van der Waals surface area contributed by atoms with Gasteiger partial charge in [-0.2, -0.15) is 0 Å². The monoisotopic (exact) mass is 687 g/mol. The van der Waals surface area contributed by atoms with Gasteiger partial charge in [-0.15, -0.1) is 0 Å². The molecule has 2 aliphatic heterocycles. The predicted molar refractivity (Wildman–Crippen MR) is 212 cm³/mol. The van der Waals surface area contributed by atoms with Crippen LogP contribution in [-0.2, 0) is 9.84 Å². The molecule has 1 aromatic heterocycles. The van der Waals surface area contributed by atoms with Crippen molar-refractivity contribution in [2.24, 2.45) is 0 Å². The van der Waals surface area contributed by atoms with Gasteiger partial charge in [0.1, 0.15) is 0 Å². The molecule has 0 radical (unpaired) electrons. The van der Waals surface area contributed by atoms with E-state index >= 15 is 0 Å². The number of sulfone groups is 1. The Balaban J connectivity index is 1.23.